The summed E-state index contributed by atoms with van der Waals surface area (Å²) in [5.41, 5.74) is 1.53. The van der Waals surface area contributed by atoms with Crippen LogP contribution in [0.3, 0.4) is 0 Å². The summed E-state index contributed by atoms with van der Waals surface area (Å²) in [6, 6.07) is 14.6. The Morgan fingerprint density at radius 2 is 1.92 bits per heavy atom. The van der Waals surface area contributed by atoms with E-state index in [1.165, 1.54) is 11.2 Å². The van der Waals surface area contributed by atoms with Crippen molar-refractivity contribution in [3.8, 4) is 5.75 Å². The predicted molar refractivity (Wildman–Crippen MR) is 98.8 cm³/mol. The maximum absolute atomic E-state index is 12.2. The van der Waals surface area contributed by atoms with Crippen molar-refractivity contribution < 1.29 is 9.53 Å². The summed E-state index contributed by atoms with van der Waals surface area (Å²) in [7, 11) is 1.60. The smallest absolute Gasteiger partial charge is 0.269 e. The van der Waals surface area contributed by atoms with E-state index in [-0.39, 0.29) is 12.5 Å². The van der Waals surface area contributed by atoms with E-state index in [0.29, 0.717) is 10.1 Å². The molecule has 0 N–H and O–H groups in total. The van der Waals surface area contributed by atoms with Crippen LogP contribution >= 0.6 is 23.8 Å². The first kappa shape index (κ1) is 16.4. The molecular weight excluding hydrogens is 346 g/mol. The highest BCUT2D eigenvalue weighted by molar-refractivity contribution is 7.80. The second kappa shape index (κ2) is 6.98. The van der Waals surface area contributed by atoms with E-state index in [4.69, 9.17) is 28.6 Å². The molecule has 0 bridgehead atoms. The largest absolute Gasteiger partial charge is 0.497 e. The molecular formula is C17H14ClN3O2S. The minimum absolute atomic E-state index is 0.144. The van der Waals surface area contributed by atoms with E-state index in [1.807, 2.05) is 42.5 Å². The molecule has 24 heavy (non-hydrogen) atoms. The minimum Gasteiger partial charge on any atom is -0.497 e. The summed E-state index contributed by atoms with van der Waals surface area (Å²) in [6.07, 6.45) is 1.53. The Labute approximate surface area is 150 Å². The zero-order chi connectivity index (χ0) is 17.1. The van der Waals surface area contributed by atoms with Gasteiger partial charge in [-0.2, -0.15) is 10.1 Å². The number of hydrogen-bond acceptors (Lipinski definition) is 4. The highest BCUT2D eigenvalue weighted by atomic mass is 35.5. The van der Waals surface area contributed by atoms with Gasteiger partial charge >= 0.3 is 0 Å². The quantitative estimate of drug-likeness (QED) is 0.620. The number of benzene rings is 2. The molecule has 0 atom stereocenters. The lowest BCUT2D eigenvalue weighted by molar-refractivity contribution is -0.124. The van der Waals surface area contributed by atoms with Crippen LogP contribution in [0.25, 0.3) is 0 Å². The molecule has 1 saturated heterocycles. The topological polar surface area (TPSA) is 45.1 Å². The third kappa shape index (κ3) is 3.25. The molecule has 1 aliphatic heterocycles. The van der Waals surface area contributed by atoms with Crippen molar-refractivity contribution in [1.29, 1.82) is 0 Å². The number of thiocarbonyl (C=S) groups is 1. The van der Waals surface area contributed by atoms with Crippen LogP contribution in [0.5, 0.6) is 5.75 Å². The first-order valence-corrected chi connectivity index (χ1v) is 7.96. The van der Waals surface area contributed by atoms with E-state index >= 15 is 0 Å². The molecule has 0 unspecified atom stereocenters. The Bertz CT molecular complexity index is 808. The van der Waals surface area contributed by atoms with Gasteiger partial charge in [0, 0.05) is 16.3 Å². The van der Waals surface area contributed by atoms with Crippen LogP contribution in [0, 0.1) is 0 Å². The van der Waals surface area contributed by atoms with Gasteiger partial charge < -0.3 is 9.64 Å². The molecule has 7 heteroatoms. The fourth-order valence-electron chi connectivity index (χ4n) is 2.27. The number of carbonyl (C=O) groups excluding carboxylic acids is 1. The van der Waals surface area contributed by atoms with Crippen LogP contribution in [0.15, 0.2) is 53.6 Å². The summed E-state index contributed by atoms with van der Waals surface area (Å²) >= 11 is 11.5. The summed E-state index contributed by atoms with van der Waals surface area (Å²) in [5.74, 6) is 0.544. The predicted octanol–water partition coefficient (Wildman–Crippen LogP) is 3.32. The van der Waals surface area contributed by atoms with Crippen molar-refractivity contribution in [2.24, 2.45) is 5.10 Å². The average Bonchev–Trinajstić information content (AvgIpc) is 2.89. The van der Waals surface area contributed by atoms with E-state index in [2.05, 4.69) is 5.10 Å². The normalized spacial score (nSPS) is 14.8. The molecule has 122 valence electrons. The average molecular weight is 360 g/mol. The Kier molecular flexibility index (Phi) is 4.78. The van der Waals surface area contributed by atoms with Crippen molar-refractivity contribution in [2.75, 3.05) is 18.6 Å². The monoisotopic (exact) mass is 359 g/mol. The molecule has 5 nitrogen and oxygen atoms in total. The van der Waals surface area contributed by atoms with E-state index < -0.39 is 0 Å². The molecule has 1 aliphatic rings. The van der Waals surface area contributed by atoms with Crippen LogP contribution < -0.4 is 9.64 Å². The first-order chi connectivity index (χ1) is 11.6. The third-order valence-corrected chi connectivity index (χ3v) is 4.28. The number of hydrazone groups is 1. The molecule has 2 aromatic carbocycles. The molecule has 1 heterocycles. The SMILES string of the molecule is COc1ccc(N2CC(=O)N(/N=C/c3ccccc3Cl)C2=S)cc1. The fraction of sp³-hybridized carbons (Fsp3) is 0.118. The van der Waals surface area contributed by atoms with Crippen LogP contribution in [0.1, 0.15) is 5.56 Å². The fourth-order valence-corrected chi connectivity index (χ4v) is 2.77. The molecule has 1 amide bonds. The van der Waals surface area contributed by atoms with Crippen molar-refractivity contribution in [3.05, 3.63) is 59.1 Å². The van der Waals surface area contributed by atoms with Crippen LogP contribution in [0.4, 0.5) is 5.69 Å². The molecule has 3 rings (SSSR count). The lowest BCUT2D eigenvalue weighted by atomic mass is 10.2. The highest BCUT2D eigenvalue weighted by Crippen LogP contribution is 2.24. The summed E-state index contributed by atoms with van der Waals surface area (Å²) in [5, 5.41) is 6.29. The molecule has 0 aliphatic carbocycles. The van der Waals surface area contributed by atoms with Gasteiger partial charge in [-0.25, -0.2) is 0 Å². The Hall–Kier alpha value is -2.44. The van der Waals surface area contributed by atoms with Gasteiger partial charge in [-0.05, 0) is 42.5 Å². The number of anilines is 1. The highest BCUT2D eigenvalue weighted by Gasteiger charge is 2.33. The molecule has 0 saturated carbocycles. The van der Waals surface area contributed by atoms with E-state index in [9.17, 15) is 4.79 Å². The summed E-state index contributed by atoms with van der Waals surface area (Å²) < 4.78 is 5.13. The van der Waals surface area contributed by atoms with Crippen LogP contribution in [-0.4, -0.2) is 35.9 Å². The second-order valence-corrected chi connectivity index (χ2v) is 5.81. The van der Waals surface area contributed by atoms with Gasteiger partial charge in [-0.15, -0.1) is 0 Å². The molecule has 0 spiro atoms. The second-order valence-electron chi connectivity index (χ2n) is 5.04. The summed E-state index contributed by atoms with van der Waals surface area (Å²) in [6.45, 7) is 0.144. The van der Waals surface area contributed by atoms with Crippen LogP contribution in [-0.2, 0) is 4.79 Å². The number of amides is 1. The van der Waals surface area contributed by atoms with Gasteiger partial charge in [0.25, 0.3) is 5.91 Å². The number of rotatable bonds is 4. The minimum atomic E-state index is -0.195. The Morgan fingerprint density at radius 3 is 2.58 bits per heavy atom. The van der Waals surface area contributed by atoms with Gasteiger partial charge in [0.1, 0.15) is 12.3 Å². The Morgan fingerprint density at radius 1 is 1.21 bits per heavy atom. The number of carbonyl (C=O) groups is 1. The zero-order valence-electron chi connectivity index (χ0n) is 12.8. The third-order valence-electron chi connectivity index (χ3n) is 3.54. The number of ether oxygens (including phenoxy) is 1. The standard InChI is InChI=1S/C17H14ClN3O2S/c1-23-14-8-6-13(7-9-14)20-11-16(22)21(17(20)24)19-10-12-4-2-3-5-15(12)18/h2-10H,11H2,1H3/b19-10+. The van der Waals surface area contributed by atoms with Crippen LogP contribution in [0.2, 0.25) is 5.02 Å². The first-order valence-electron chi connectivity index (χ1n) is 7.17. The maximum atomic E-state index is 12.2. The van der Waals surface area contributed by atoms with Crippen molar-refractivity contribution in [1.82, 2.24) is 5.01 Å². The lowest BCUT2D eigenvalue weighted by Gasteiger charge is -2.17. The number of halogens is 1. The molecule has 0 radical (unpaired) electrons. The molecule has 2 aromatic rings. The number of nitrogens with zero attached hydrogens (tertiary/aromatic N) is 3. The summed E-state index contributed by atoms with van der Waals surface area (Å²) in [4.78, 5) is 13.9. The van der Waals surface area contributed by atoms with E-state index in [0.717, 1.165) is 17.0 Å². The maximum Gasteiger partial charge on any atom is 0.269 e. The van der Waals surface area contributed by atoms with Gasteiger partial charge in [0.15, 0.2) is 0 Å². The van der Waals surface area contributed by atoms with Crippen molar-refractivity contribution >= 4 is 46.7 Å². The molecule has 1 fully saturated rings. The Balaban J connectivity index is 1.80. The lowest BCUT2D eigenvalue weighted by Crippen LogP contribution is -2.29. The number of hydrogen-bond donors (Lipinski definition) is 0. The van der Waals surface area contributed by atoms with Crippen molar-refractivity contribution in [3.63, 3.8) is 0 Å². The molecule has 0 aromatic heterocycles. The number of methoxy groups -OCH3 is 1. The van der Waals surface area contributed by atoms with E-state index in [1.54, 1.807) is 18.1 Å². The van der Waals surface area contributed by atoms with Gasteiger partial charge in [0.2, 0.25) is 5.11 Å². The zero-order valence-corrected chi connectivity index (χ0v) is 14.4. The van der Waals surface area contributed by atoms with Gasteiger partial charge in [-0.1, -0.05) is 29.8 Å². The van der Waals surface area contributed by atoms with Gasteiger partial charge in [0.05, 0.1) is 13.3 Å². The van der Waals surface area contributed by atoms with Crippen molar-refractivity contribution in [2.45, 2.75) is 0 Å². The van der Waals surface area contributed by atoms with Gasteiger partial charge in [-0.3, -0.25) is 4.79 Å².